The van der Waals surface area contributed by atoms with Crippen molar-refractivity contribution in [3.63, 3.8) is 0 Å². The Bertz CT molecular complexity index is 365. The lowest BCUT2D eigenvalue weighted by Gasteiger charge is -2.19. The van der Waals surface area contributed by atoms with Crippen molar-refractivity contribution in [2.45, 2.75) is 73.5 Å². The molecular formula is C16H28O4. The van der Waals surface area contributed by atoms with Crippen LogP contribution in [0, 0.1) is 5.92 Å². The van der Waals surface area contributed by atoms with Gasteiger partial charge in [-0.1, -0.05) is 27.2 Å². The molecule has 0 aliphatic rings. The first-order valence-corrected chi connectivity index (χ1v) is 7.35. The van der Waals surface area contributed by atoms with E-state index in [0.29, 0.717) is 17.6 Å². The molecule has 0 amide bonds. The van der Waals surface area contributed by atoms with Crippen LogP contribution in [0.1, 0.15) is 61.3 Å². The number of ether oxygens (including phenoxy) is 2. The fraction of sp³-hybridized carbons (Fsp3) is 0.750. The Labute approximate surface area is 122 Å². The smallest absolute Gasteiger partial charge is 0.335 e. The average Bonchev–Trinajstić information content (AvgIpc) is 2.25. The van der Waals surface area contributed by atoms with Gasteiger partial charge in [0.15, 0.2) is 0 Å². The number of carbonyl (C=O) groups excluding carboxylic acids is 2. The monoisotopic (exact) mass is 284 g/mol. The fourth-order valence-electron chi connectivity index (χ4n) is 1.87. The molecular weight excluding hydrogens is 256 g/mol. The van der Waals surface area contributed by atoms with E-state index in [0.717, 1.165) is 6.42 Å². The van der Waals surface area contributed by atoms with Gasteiger partial charge in [0.05, 0.1) is 17.8 Å². The minimum absolute atomic E-state index is 0.0810. The molecule has 0 aromatic carbocycles. The van der Waals surface area contributed by atoms with Crippen molar-refractivity contribution >= 4 is 11.9 Å². The van der Waals surface area contributed by atoms with Crippen LogP contribution in [0.4, 0.5) is 0 Å². The molecule has 0 N–H and O–H groups in total. The van der Waals surface area contributed by atoms with Crippen LogP contribution in [-0.2, 0) is 19.1 Å². The summed E-state index contributed by atoms with van der Waals surface area (Å²) in [6, 6.07) is 0. The highest BCUT2D eigenvalue weighted by Gasteiger charge is 2.26. The molecule has 0 aromatic rings. The summed E-state index contributed by atoms with van der Waals surface area (Å²) in [5, 5.41) is 0. The molecule has 4 nitrogen and oxygen atoms in total. The van der Waals surface area contributed by atoms with Gasteiger partial charge >= 0.3 is 11.9 Å². The van der Waals surface area contributed by atoms with Gasteiger partial charge in [-0.25, -0.2) is 9.59 Å². The van der Waals surface area contributed by atoms with Crippen molar-refractivity contribution in [3.8, 4) is 0 Å². The summed E-state index contributed by atoms with van der Waals surface area (Å²) in [7, 11) is 0. The highest BCUT2D eigenvalue weighted by atomic mass is 16.5. The number of carbonyl (C=O) groups is 2. The fourth-order valence-corrected chi connectivity index (χ4v) is 1.87. The molecule has 0 saturated heterocycles. The lowest BCUT2D eigenvalue weighted by atomic mass is 9.94. The molecule has 0 radical (unpaired) electrons. The largest absolute Gasteiger partial charge is 0.460 e. The quantitative estimate of drug-likeness (QED) is 0.529. The van der Waals surface area contributed by atoms with Crippen molar-refractivity contribution in [1.29, 1.82) is 0 Å². The van der Waals surface area contributed by atoms with Gasteiger partial charge in [0, 0.05) is 5.57 Å². The molecule has 0 saturated carbocycles. The van der Waals surface area contributed by atoms with Crippen LogP contribution in [0.5, 0.6) is 0 Å². The lowest BCUT2D eigenvalue weighted by Crippen LogP contribution is -2.23. The van der Waals surface area contributed by atoms with Crippen molar-refractivity contribution in [2.75, 3.05) is 0 Å². The Morgan fingerprint density at radius 1 is 0.850 bits per heavy atom. The molecule has 0 heterocycles. The van der Waals surface area contributed by atoms with Crippen molar-refractivity contribution in [3.05, 3.63) is 11.1 Å². The zero-order valence-corrected chi connectivity index (χ0v) is 13.8. The van der Waals surface area contributed by atoms with Crippen LogP contribution in [0.15, 0.2) is 11.1 Å². The van der Waals surface area contributed by atoms with E-state index < -0.39 is 11.9 Å². The zero-order valence-electron chi connectivity index (χ0n) is 13.8. The van der Waals surface area contributed by atoms with E-state index in [1.54, 1.807) is 27.7 Å². The number of hydrogen-bond acceptors (Lipinski definition) is 4. The lowest BCUT2D eigenvalue weighted by molar-refractivity contribution is -0.146. The topological polar surface area (TPSA) is 52.6 Å². The van der Waals surface area contributed by atoms with E-state index in [-0.39, 0.29) is 18.1 Å². The number of hydrogen-bond donors (Lipinski definition) is 0. The summed E-state index contributed by atoms with van der Waals surface area (Å²) in [4.78, 5) is 24.4. The molecule has 20 heavy (non-hydrogen) atoms. The molecule has 0 aliphatic heterocycles. The summed E-state index contributed by atoms with van der Waals surface area (Å²) in [5.41, 5.74) is 0.882. The maximum atomic E-state index is 12.2. The Balaban J connectivity index is 5.54. The highest BCUT2D eigenvalue weighted by molar-refractivity contribution is 6.00. The first-order chi connectivity index (χ1) is 9.20. The van der Waals surface area contributed by atoms with Gasteiger partial charge in [-0.05, 0) is 40.0 Å². The van der Waals surface area contributed by atoms with Gasteiger partial charge in [-0.3, -0.25) is 0 Å². The Kier molecular flexibility index (Phi) is 8.19. The molecule has 0 bridgehead atoms. The molecule has 0 fully saturated rings. The molecule has 116 valence electrons. The minimum Gasteiger partial charge on any atom is -0.460 e. The highest BCUT2D eigenvalue weighted by Crippen LogP contribution is 2.23. The first-order valence-electron chi connectivity index (χ1n) is 7.35. The maximum absolute atomic E-state index is 12.2. The van der Waals surface area contributed by atoms with Crippen LogP contribution in [0.2, 0.25) is 0 Å². The van der Waals surface area contributed by atoms with Crippen LogP contribution >= 0.6 is 0 Å². The van der Waals surface area contributed by atoms with Crippen molar-refractivity contribution in [1.82, 2.24) is 0 Å². The molecule has 0 aliphatic carbocycles. The minimum atomic E-state index is -0.417. The average molecular weight is 284 g/mol. The van der Waals surface area contributed by atoms with E-state index >= 15 is 0 Å². The molecule has 0 rings (SSSR count). The Morgan fingerprint density at radius 2 is 1.30 bits per heavy atom. The van der Waals surface area contributed by atoms with E-state index in [2.05, 4.69) is 0 Å². The van der Waals surface area contributed by atoms with Gasteiger partial charge in [0.1, 0.15) is 0 Å². The first kappa shape index (κ1) is 18.7. The second-order valence-corrected chi connectivity index (χ2v) is 5.71. The summed E-state index contributed by atoms with van der Waals surface area (Å²) in [6.45, 7) is 12.9. The predicted molar refractivity (Wildman–Crippen MR) is 79.2 cm³/mol. The third-order valence-corrected chi connectivity index (χ3v) is 2.55. The van der Waals surface area contributed by atoms with Crippen LogP contribution in [-0.4, -0.2) is 24.1 Å². The third-order valence-electron chi connectivity index (χ3n) is 2.55. The standard InChI is InChI=1S/C16H28O4/c1-8-9-13(15(17)19-11(4)5)14(10(2)3)16(18)20-12(6)7/h10-12H,8-9H2,1-7H3/b14-13-. The normalized spacial score (nSPS) is 12.7. The van der Waals surface area contributed by atoms with E-state index in [1.165, 1.54) is 0 Å². The van der Waals surface area contributed by atoms with E-state index in [4.69, 9.17) is 9.47 Å². The summed E-state index contributed by atoms with van der Waals surface area (Å²) in [5.74, 6) is -0.909. The summed E-state index contributed by atoms with van der Waals surface area (Å²) in [6.07, 6.45) is 0.879. The molecule has 0 aromatic heterocycles. The van der Waals surface area contributed by atoms with Crippen molar-refractivity contribution < 1.29 is 19.1 Å². The zero-order chi connectivity index (χ0) is 15.9. The van der Waals surface area contributed by atoms with Gasteiger partial charge in [-0.2, -0.15) is 0 Å². The van der Waals surface area contributed by atoms with Crippen molar-refractivity contribution in [2.24, 2.45) is 5.92 Å². The second-order valence-electron chi connectivity index (χ2n) is 5.71. The Hall–Kier alpha value is -1.32. The van der Waals surface area contributed by atoms with Gasteiger partial charge in [0.2, 0.25) is 0 Å². The van der Waals surface area contributed by atoms with Crippen LogP contribution < -0.4 is 0 Å². The van der Waals surface area contributed by atoms with E-state index in [9.17, 15) is 9.59 Å². The maximum Gasteiger partial charge on any atom is 0.335 e. The molecule has 0 spiro atoms. The van der Waals surface area contributed by atoms with Gasteiger partial charge in [-0.15, -0.1) is 0 Å². The molecule has 0 atom stereocenters. The third kappa shape index (κ3) is 6.22. The summed E-state index contributed by atoms with van der Waals surface area (Å²) >= 11 is 0. The SMILES string of the molecule is CCC/C(C(=O)OC(C)C)=C(/C(=O)OC(C)C)C(C)C. The Morgan fingerprint density at radius 3 is 1.65 bits per heavy atom. The van der Waals surface area contributed by atoms with Crippen LogP contribution in [0.3, 0.4) is 0 Å². The molecule has 0 unspecified atom stereocenters. The predicted octanol–water partition coefficient (Wildman–Crippen LogP) is 3.64. The molecule has 4 heteroatoms. The van der Waals surface area contributed by atoms with Gasteiger partial charge < -0.3 is 9.47 Å². The number of rotatable bonds is 7. The van der Waals surface area contributed by atoms with E-state index in [1.807, 2.05) is 20.8 Å². The van der Waals surface area contributed by atoms with Gasteiger partial charge in [0.25, 0.3) is 0 Å². The second kappa shape index (κ2) is 8.77. The number of esters is 2. The van der Waals surface area contributed by atoms with Crippen LogP contribution in [0.25, 0.3) is 0 Å². The summed E-state index contributed by atoms with van der Waals surface area (Å²) < 4.78 is 10.5.